The van der Waals surface area contributed by atoms with Gasteiger partial charge in [-0.2, -0.15) is 0 Å². The molecule has 1 aromatic carbocycles. The van der Waals surface area contributed by atoms with E-state index in [1.54, 1.807) is 18.3 Å². The van der Waals surface area contributed by atoms with Crippen LogP contribution in [0.2, 0.25) is 0 Å². The lowest BCUT2D eigenvalue weighted by Gasteiger charge is -2.27. The Hall–Kier alpha value is -2.94. The Kier molecular flexibility index (Phi) is 5.48. The molecule has 4 rings (SSSR count). The van der Waals surface area contributed by atoms with Crippen molar-refractivity contribution in [3.63, 3.8) is 0 Å². The lowest BCUT2D eigenvalue weighted by Crippen LogP contribution is -2.35. The van der Waals surface area contributed by atoms with Gasteiger partial charge in [-0.15, -0.1) is 10.2 Å². The van der Waals surface area contributed by atoms with Gasteiger partial charge in [0.1, 0.15) is 11.6 Å². The number of benzene rings is 1. The summed E-state index contributed by atoms with van der Waals surface area (Å²) in [5.74, 6) is 1.45. The van der Waals surface area contributed by atoms with E-state index >= 15 is 0 Å². The number of phenols is 1. The first kappa shape index (κ1) is 19.4. The summed E-state index contributed by atoms with van der Waals surface area (Å²) in [7, 11) is 0. The van der Waals surface area contributed by atoms with Gasteiger partial charge in [-0.1, -0.05) is 12.1 Å². The second-order valence-electron chi connectivity index (χ2n) is 7.02. The van der Waals surface area contributed by atoms with Gasteiger partial charge in [-0.05, 0) is 53.5 Å². The van der Waals surface area contributed by atoms with E-state index in [9.17, 15) is 5.11 Å². The molecule has 0 amide bonds. The van der Waals surface area contributed by atoms with E-state index in [2.05, 4.69) is 52.8 Å². The molecule has 1 aliphatic heterocycles. The summed E-state index contributed by atoms with van der Waals surface area (Å²) in [6.07, 6.45) is 2.69. The van der Waals surface area contributed by atoms with Gasteiger partial charge in [0.25, 0.3) is 0 Å². The van der Waals surface area contributed by atoms with E-state index in [0.717, 1.165) is 37.6 Å². The second-order valence-corrected chi connectivity index (χ2v) is 7.73. The molecule has 0 aliphatic carbocycles. The zero-order chi connectivity index (χ0) is 20.4. The van der Waals surface area contributed by atoms with Crippen LogP contribution in [0, 0.1) is 0 Å². The Bertz CT molecular complexity index is 1020. The highest BCUT2D eigenvalue weighted by Crippen LogP contribution is 2.32. The Labute approximate surface area is 177 Å². The fraction of sp³-hybridized carbons (Fsp3) is 0.300. The molecule has 2 aromatic heterocycles. The predicted octanol–water partition coefficient (Wildman–Crippen LogP) is 3.09. The monoisotopic (exact) mass is 455 g/mol. The van der Waals surface area contributed by atoms with Crippen molar-refractivity contribution in [2.45, 2.75) is 19.4 Å². The van der Waals surface area contributed by atoms with Crippen molar-refractivity contribution in [3.8, 4) is 17.0 Å². The van der Waals surface area contributed by atoms with Crippen LogP contribution >= 0.6 is 15.9 Å². The minimum absolute atomic E-state index is 0.169. The number of nitrogen functional groups attached to an aromatic ring is 1. The van der Waals surface area contributed by atoms with E-state index in [0.29, 0.717) is 27.9 Å². The third kappa shape index (κ3) is 4.09. The SMILES string of the molecule is C[C@@H]1CCN(c2cc(-c3ccccc3O)nnc2N)CCN1c1ccnc(Br)n1. The molecule has 3 aromatic rings. The molecule has 1 saturated heterocycles. The molecule has 1 atom stereocenters. The van der Waals surface area contributed by atoms with E-state index in [1.165, 1.54) is 0 Å². The smallest absolute Gasteiger partial charge is 0.198 e. The van der Waals surface area contributed by atoms with Crippen LogP contribution in [-0.4, -0.2) is 50.9 Å². The molecule has 0 radical (unpaired) electrons. The molecule has 0 bridgehead atoms. The number of aromatic hydroxyl groups is 1. The molecule has 0 spiro atoms. The standard InChI is InChI=1S/C20H22BrN7O/c1-13-7-9-27(10-11-28(13)18-6-8-23-20(21)24-18)16-12-15(25-26-19(16)22)14-4-2-3-5-17(14)29/h2-6,8,12-13,29H,7,9-11H2,1H3,(H2,22,26)/t13-/m1/s1. The molecule has 3 heterocycles. The predicted molar refractivity (Wildman–Crippen MR) is 117 cm³/mol. The van der Waals surface area contributed by atoms with Crippen LogP contribution in [0.3, 0.4) is 0 Å². The van der Waals surface area contributed by atoms with Crippen molar-refractivity contribution in [1.82, 2.24) is 20.2 Å². The van der Waals surface area contributed by atoms with Crippen molar-refractivity contribution < 1.29 is 5.11 Å². The maximum Gasteiger partial charge on any atom is 0.198 e. The molecule has 1 fully saturated rings. The Morgan fingerprint density at radius 1 is 1.14 bits per heavy atom. The molecule has 29 heavy (non-hydrogen) atoms. The van der Waals surface area contributed by atoms with E-state index < -0.39 is 0 Å². The van der Waals surface area contributed by atoms with Crippen LogP contribution < -0.4 is 15.5 Å². The summed E-state index contributed by atoms with van der Waals surface area (Å²) >= 11 is 3.35. The molecule has 0 unspecified atom stereocenters. The Balaban J connectivity index is 1.61. The van der Waals surface area contributed by atoms with Crippen molar-refractivity contribution in [1.29, 1.82) is 0 Å². The van der Waals surface area contributed by atoms with Crippen LogP contribution in [0.4, 0.5) is 17.3 Å². The number of phenolic OH excluding ortho intramolecular Hbond substituents is 1. The van der Waals surface area contributed by atoms with Gasteiger partial charge in [0.15, 0.2) is 10.6 Å². The van der Waals surface area contributed by atoms with Gasteiger partial charge in [-0.25, -0.2) is 9.97 Å². The van der Waals surface area contributed by atoms with Crippen molar-refractivity contribution in [2.24, 2.45) is 0 Å². The molecule has 3 N–H and O–H groups in total. The first-order valence-corrected chi connectivity index (χ1v) is 10.2. The largest absolute Gasteiger partial charge is 0.507 e. The molecule has 9 heteroatoms. The highest BCUT2D eigenvalue weighted by molar-refractivity contribution is 9.10. The number of nitrogens with two attached hydrogens (primary N) is 1. The van der Waals surface area contributed by atoms with Crippen molar-refractivity contribution in [3.05, 3.63) is 47.3 Å². The molecular formula is C20H22BrN7O. The highest BCUT2D eigenvalue weighted by Gasteiger charge is 2.24. The fourth-order valence-corrected chi connectivity index (χ4v) is 3.89. The van der Waals surface area contributed by atoms with Crippen molar-refractivity contribution >= 4 is 33.3 Å². The zero-order valence-corrected chi connectivity index (χ0v) is 17.6. The van der Waals surface area contributed by atoms with Gasteiger partial charge in [-0.3, -0.25) is 0 Å². The molecule has 0 saturated carbocycles. The first-order valence-electron chi connectivity index (χ1n) is 9.44. The number of rotatable bonds is 3. The lowest BCUT2D eigenvalue weighted by atomic mass is 10.1. The highest BCUT2D eigenvalue weighted by atomic mass is 79.9. The topological polar surface area (TPSA) is 104 Å². The maximum absolute atomic E-state index is 10.2. The first-order chi connectivity index (χ1) is 14.0. The van der Waals surface area contributed by atoms with Gasteiger partial charge >= 0.3 is 0 Å². The minimum atomic E-state index is 0.169. The number of halogens is 1. The summed E-state index contributed by atoms with van der Waals surface area (Å²) in [5.41, 5.74) is 8.23. The third-order valence-corrected chi connectivity index (χ3v) is 5.57. The average molecular weight is 456 g/mol. The number of hydrogen-bond donors (Lipinski definition) is 2. The fourth-order valence-electron chi connectivity index (χ4n) is 3.59. The minimum Gasteiger partial charge on any atom is -0.507 e. The summed E-state index contributed by atoms with van der Waals surface area (Å²) in [5, 5.41) is 18.5. The number of nitrogens with zero attached hydrogens (tertiary/aromatic N) is 6. The van der Waals surface area contributed by atoms with Crippen LogP contribution in [0.5, 0.6) is 5.75 Å². The van der Waals surface area contributed by atoms with E-state index in [-0.39, 0.29) is 5.75 Å². The number of para-hydroxylation sites is 1. The van der Waals surface area contributed by atoms with Crippen LogP contribution in [0.1, 0.15) is 13.3 Å². The van der Waals surface area contributed by atoms with Gasteiger partial charge < -0.3 is 20.6 Å². The third-order valence-electron chi connectivity index (χ3n) is 5.19. The molecule has 150 valence electrons. The molecule has 1 aliphatic rings. The summed E-state index contributed by atoms with van der Waals surface area (Å²) in [6.45, 7) is 4.58. The van der Waals surface area contributed by atoms with Crippen molar-refractivity contribution in [2.75, 3.05) is 35.2 Å². The maximum atomic E-state index is 10.2. The lowest BCUT2D eigenvalue weighted by molar-refractivity contribution is 0.477. The number of anilines is 3. The summed E-state index contributed by atoms with van der Waals surface area (Å²) in [4.78, 5) is 13.1. The van der Waals surface area contributed by atoms with Gasteiger partial charge in [0.05, 0.1) is 11.4 Å². The van der Waals surface area contributed by atoms with Gasteiger partial charge in [0, 0.05) is 37.4 Å². The van der Waals surface area contributed by atoms with E-state index in [1.807, 2.05) is 24.3 Å². The van der Waals surface area contributed by atoms with Crippen LogP contribution in [0.15, 0.2) is 47.3 Å². The average Bonchev–Trinajstić information content (AvgIpc) is 2.91. The summed E-state index contributed by atoms with van der Waals surface area (Å²) in [6, 6.07) is 11.2. The molecular weight excluding hydrogens is 434 g/mol. The number of aromatic nitrogens is 4. The number of hydrogen-bond acceptors (Lipinski definition) is 8. The van der Waals surface area contributed by atoms with E-state index in [4.69, 9.17) is 5.73 Å². The second kappa shape index (κ2) is 8.20. The quantitative estimate of drug-likeness (QED) is 0.580. The van der Waals surface area contributed by atoms with Crippen LogP contribution in [0.25, 0.3) is 11.3 Å². The normalized spacial score (nSPS) is 17.2. The zero-order valence-electron chi connectivity index (χ0n) is 16.0. The Morgan fingerprint density at radius 2 is 1.97 bits per heavy atom. The van der Waals surface area contributed by atoms with Gasteiger partial charge in [0.2, 0.25) is 0 Å². The molecule has 8 nitrogen and oxygen atoms in total. The van der Waals surface area contributed by atoms with Crippen LogP contribution in [-0.2, 0) is 0 Å². The summed E-state index contributed by atoms with van der Waals surface area (Å²) < 4.78 is 0.582. The Morgan fingerprint density at radius 3 is 2.76 bits per heavy atom.